The Kier molecular flexibility index (Phi) is 6.28. The fourth-order valence-corrected chi connectivity index (χ4v) is 3.92. The number of furan rings is 1. The highest BCUT2D eigenvalue weighted by molar-refractivity contribution is 7.89. The van der Waals surface area contributed by atoms with Gasteiger partial charge in [0.2, 0.25) is 15.9 Å². The van der Waals surface area contributed by atoms with E-state index < -0.39 is 22.0 Å². The number of benzene rings is 2. The molecule has 146 valence electrons. The van der Waals surface area contributed by atoms with Crippen LogP contribution in [0.1, 0.15) is 16.9 Å². The zero-order valence-electron chi connectivity index (χ0n) is 15.5. The summed E-state index contributed by atoms with van der Waals surface area (Å²) in [5, 5.41) is 2.73. The molecule has 0 bridgehead atoms. The molecule has 1 heterocycles. The second-order valence-electron chi connectivity index (χ2n) is 6.47. The van der Waals surface area contributed by atoms with Crippen LogP contribution in [0.2, 0.25) is 0 Å². The first-order chi connectivity index (χ1) is 13.4. The highest BCUT2D eigenvalue weighted by atomic mass is 32.2. The number of aryl methyl sites for hydroxylation is 1. The molecule has 1 amide bonds. The summed E-state index contributed by atoms with van der Waals surface area (Å²) in [6, 6.07) is 18.3. The summed E-state index contributed by atoms with van der Waals surface area (Å²) < 4.78 is 33.3. The number of nitrogens with one attached hydrogen (secondary N) is 2. The monoisotopic (exact) mass is 398 g/mol. The van der Waals surface area contributed by atoms with Crippen molar-refractivity contribution in [1.29, 1.82) is 0 Å². The Hall–Kier alpha value is -2.90. The summed E-state index contributed by atoms with van der Waals surface area (Å²) in [4.78, 5) is 12.8. The quantitative estimate of drug-likeness (QED) is 0.611. The van der Waals surface area contributed by atoms with Crippen LogP contribution in [-0.4, -0.2) is 20.4 Å². The molecule has 28 heavy (non-hydrogen) atoms. The van der Waals surface area contributed by atoms with E-state index in [9.17, 15) is 13.2 Å². The van der Waals surface area contributed by atoms with Crippen molar-refractivity contribution in [1.82, 2.24) is 10.0 Å². The van der Waals surface area contributed by atoms with Crippen LogP contribution in [0.25, 0.3) is 0 Å². The van der Waals surface area contributed by atoms with Crippen LogP contribution >= 0.6 is 0 Å². The minimum absolute atomic E-state index is 0.120. The van der Waals surface area contributed by atoms with Crippen molar-refractivity contribution in [3.8, 4) is 0 Å². The molecule has 7 heteroatoms. The first kappa shape index (κ1) is 19.9. The molecule has 0 aliphatic rings. The molecule has 0 saturated heterocycles. The van der Waals surface area contributed by atoms with E-state index in [0.717, 1.165) is 11.1 Å². The zero-order valence-corrected chi connectivity index (χ0v) is 16.3. The summed E-state index contributed by atoms with van der Waals surface area (Å²) in [6.07, 6.45) is 1.75. The molecule has 0 saturated carbocycles. The van der Waals surface area contributed by atoms with Crippen LogP contribution in [-0.2, 0) is 27.8 Å². The Morgan fingerprint density at radius 1 is 1.00 bits per heavy atom. The van der Waals surface area contributed by atoms with Crippen LogP contribution in [0.15, 0.2) is 82.3 Å². The van der Waals surface area contributed by atoms with Crippen molar-refractivity contribution in [2.75, 3.05) is 0 Å². The third-order valence-electron chi connectivity index (χ3n) is 4.24. The lowest BCUT2D eigenvalue weighted by Gasteiger charge is -2.18. The summed E-state index contributed by atoms with van der Waals surface area (Å²) in [6.45, 7) is 2.06. The van der Waals surface area contributed by atoms with E-state index in [1.165, 1.54) is 18.4 Å². The van der Waals surface area contributed by atoms with Crippen LogP contribution in [0.4, 0.5) is 0 Å². The molecule has 0 aliphatic heterocycles. The summed E-state index contributed by atoms with van der Waals surface area (Å²) in [5.41, 5.74) is 1.81. The van der Waals surface area contributed by atoms with Gasteiger partial charge < -0.3 is 9.73 Å². The van der Waals surface area contributed by atoms with Gasteiger partial charge in [-0.15, -0.1) is 0 Å². The van der Waals surface area contributed by atoms with Crippen molar-refractivity contribution in [3.05, 3.63) is 89.9 Å². The van der Waals surface area contributed by atoms with Gasteiger partial charge in [0.05, 0.1) is 17.7 Å². The fourth-order valence-electron chi connectivity index (χ4n) is 2.72. The summed E-state index contributed by atoms with van der Waals surface area (Å²) >= 11 is 0. The molecule has 0 fully saturated rings. The van der Waals surface area contributed by atoms with E-state index in [0.29, 0.717) is 5.76 Å². The standard InChI is InChI=1S/C21H22N2O4S/c1-16-9-11-19(12-10-16)28(25,26)23-20(14-17-6-3-2-4-7-17)21(24)22-15-18-8-5-13-27-18/h2-13,20,23H,14-15H2,1H3,(H,22,24)/t20-/m1/s1. The number of hydrogen-bond acceptors (Lipinski definition) is 4. The van der Waals surface area contributed by atoms with Crippen LogP contribution < -0.4 is 10.0 Å². The van der Waals surface area contributed by atoms with Gasteiger partial charge in [0.15, 0.2) is 0 Å². The van der Waals surface area contributed by atoms with Gasteiger partial charge in [-0.2, -0.15) is 4.72 Å². The molecule has 1 atom stereocenters. The summed E-state index contributed by atoms with van der Waals surface area (Å²) in [7, 11) is -3.85. The first-order valence-corrected chi connectivity index (χ1v) is 10.4. The molecule has 3 rings (SSSR count). The molecule has 6 nitrogen and oxygen atoms in total. The van der Waals surface area contributed by atoms with Gasteiger partial charge in [-0.1, -0.05) is 48.0 Å². The average Bonchev–Trinajstić information content (AvgIpc) is 3.20. The summed E-state index contributed by atoms with van der Waals surface area (Å²) in [5.74, 6) is 0.171. The second-order valence-corrected chi connectivity index (χ2v) is 8.19. The van der Waals surface area contributed by atoms with E-state index in [2.05, 4.69) is 10.0 Å². The number of hydrogen-bond donors (Lipinski definition) is 2. The maximum atomic E-state index is 12.8. The predicted molar refractivity (Wildman–Crippen MR) is 106 cm³/mol. The van der Waals surface area contributed by atoms with E-state index in [4.69, 9.17) is 4.42 Å². The Bertz CT molecular complexity index is 998. The van der Waals surface area contributed by atoms with Crippen molar-refractivity contribution < 1.29 is 17.6 Å². The van der Waals surface area contributed by atoms with Gasteiger partial charge in [0.1, 0.15) is 11.8 Å². The Labute approximate surface area is 164 Å². The molecule has 1 aromatic heterocycles. The van der Waals surface area contributed by atoms with Gasteiger partial charge in [-0.3, -0.25) is 4.79 Å². The van der Waals surface area contributed by atoms with Crippen LogP contribution in [0.5, 0.6) is 0 Å². The van der Waals surface area contributed by atoms with E-state index in [1.54, 1.807) is 24.3 Å². The smallest absolute Gasteiger partial charge is 0.241 e. The predicted octanol–water partition coefficient (Wildman–Crippen LogP) is 2.79. The Morgan fingerprint density at radius 2 is 1.71 bits per heavy atom. The molecule has 2 N–H and O–H groups in total. The highest BCUT2D eigenvalue weighted by Gasteiger charge is 2.26. The van der Waals surface area contributed by atoms with Crippen molar-refractivity contribution in [3.63, 3.8) is 0 Å². The zero-order chi connectivity index (χ0) is 20.0. The van der Waals surface area contributed by atoms with E-state index >= 15 is 0 Å². The van der Waals surface area contributed by atoms with Gasteiger partial charge in [0.25, 0.3) is 0 Å². The maximum absolute atomic E-state index is 12.8. The van der Waals surface area contributed by atoms with Crippen LogP contribution in [0, 0.1) is 6.92 Å². The number of amides is 1. The lowest BCUT2D eigenvalue weighted by molar-refractivity contribution is -0.122. The fraction of sp³-hybridized carbons (Fsp3) is 0.190. The van der Waals surface area contributed by atoms with Gasteiger partial charge in [-0.05, 0) is 43.2 Å². The highest BCUT2D eigenvalue weighted by Crippen LogP contribution is 2.13. The maximum Gasteiger partial charge on any atom is 0.241 e. The lowest BCUT2D eigenvalue weighted by atomic mass is 10.1. The van der Waals surface area contributed by atoms with Gasteiger partial charge in [-0.25, -0.2) is 8.42 Å². The molecule has 0 unspecified atom stereocenters. The number of carbonyl (C=O) groups excluding carboxylic acids is 1. The molecule has 0 aliphatic carbocycles. The molecular weight excluding hydrogens is 376 g/mol. The second kappa shape index (κ2) is 8.86. The van der Waals surface area contributed by atoms with E-state index in [1.807, 2.05) is 37.3 Å². The lowest BCUT2D eigenvalue weighted by Crippen LogP contribution is -2.47. The van der Waals surface area contributed by atoms with Crippen LogP contribution in [0.3, 0.4) is 0 Å². The average molecular weight is 398 g/mol. The molecule has 0 spiro atoms. The Morgan fingerprint density at radius 3 is 2.36 bits per heavy atom. The first-order valence-electron chi connectivity index (χ1n) is 8.87. The third-order valence-corrected chi connectivity index (χ3v) is 5.73. The topological polar surface area (TPSA) is 88.4 Å². The Balaban J connectivity index is 1.78. The SMILES string of the molecule is Cc1ccc(S(=O)(=O)N[C@H](Cc2ccccc2)C(=O)NCc2ccco2)cc1. The van der Waals surface area contributed by atoms with E-state index in [-0.39, 0.29) is 17.9 Å². The third kappa shape index (κ3) is 5.31. The normalized spacial score (nSPS) is 12.5. The molecule has 0 radical (unpaired) electrons. The van der Waals surface area contributed by atoms with Crippen molar-refractivity contribution in [2.45, 2.75) is 30.8 Å². The molecule has 3 aromatic rings. The van der Waals surface area contributed by atoms with Crippen molar-refractivity contribution in [2.24, 2.45) is 0 Å². The van der Waals surface area contributed by atoms with Crippen molar-refractivity contribution >= 4 is 15.9 Å². The minimum atomic E-state index is -3.85. The number of carbonyl (C=O) groups is 1. The largest absolute Gasteiger partial charge is 0.467 e. The van der Waals surface area contributed by atoms with Gasteiger partial charge in [0, 0.05) is 0 Å². The number of rotatable bonds is 8. The molecular formula is C21H22N2O4S. The number of sulfonamides is 1. The molecule has 2 aromatic carbocycles. The minimum Gasteiger partial charge on any atom is -0.467 e. The van der Waals surface area contributed by atoms with Gasteiger partial charge >= 0.3 is 0 Å².